The molecule has 11 heteroatoms. The minimum atomic E-state index is -4.02. The van der Waals surface area contributed by atoms with Crippen molar-refractivity contribution in [2.75, 3.05) is 0 Å². The summed E-state index contributed by atoms with van der Waals surface area (Å²) in [4.78, 5) is -0.0666. The van der Waals surface area contributed by atoms with Crippen molar-refractivity contribution in [2.24, 2.45) is 10.8 Å². The molecule has 0 aromatic heterocycles. The molecule has 7 N–H and O–H groups in total. The van der Waals surface area contributed by atoms with E-state index < -0.39 is 16.1 Å². The third kappa shape index (κ3) is 6.76. The zero-order valence-corrected chi connectivity index (χ0v) is 14.4. The standard InChI is InChI=1S/C8H10N4O3.C7H8O3S/c9-8(10)12(15)11-4-5-1-2-6(13)3-7(5)14;1-6-2-4-7(5-3-6)11(8,9)10/h1-4,13-15H,(H3,9,10);2-5H,1H3,(H,8,9,10)/b11-4+;. The SMILES string of the molecule is Cc1ccc(S(=O)(=O)O)cc1.N=C(N)N(O)/N=C/c1ccc(O)cc1O. The Morgan fingerprint density at radius 3 is 2.23 bits per heavy atom. The Balaban J connectivity index is 0.000000273. The Hall–Kier alpha value is -3.15. The first-order chi connectivity index (χ1) is 12.0. The van der Waals surface area contributed by atoms with Crippen molar-refractivity contribution in [1.29, 1.82) is 5.41 Å². The highest BCUT2D eigenvalue weighted by molar-refractivity contribution is 7.85. The Labute approximate surface area is 149 Å². The van der Waals surface area contributed by atoms with Crippen molar-refractivity contribution >= 4 is 22.3 Å². The second kappa shape index (κ2) is 8.80. The van der Waals surface area contributed by atoms with Gasteiger partial charge >= 0.3 is 0 Å². The van der Waals surface area contributed by atoms with Gasteiger partial charge in [0, 0.05) is 11.6 Å². The first-order valence-electron chi connectivity index (χ1n) is 6.94. The second-order valence-corrected chi connectivity index (χ2v) is 6.37. The van der Waals surface area contributed by atoms with Crippen LogP contribution in [0.15, 0.2) is 52.5 Å². The van der Waals surface area contributed by atoms with Crippen LogP contribution in [0.1, 0.15) is 11.1 Å². The fourth-order valence-electron chi connectivity index (χ4n) is 1.53. The van der Waals surface area contributed by atoms with Crippen LogP contribution in [0.4, 0.5) is 0 Å². The number of nitrogens with two attached hydrogens (primary N) is 1. The molecule has 0 aliphatic heterocycles. The van der Waals surface area contributed by atoms with E-state index in [0.717, 1.165) is 17.8 Å². The molecule has 2 rings (SSSR count). The smallest absolute Gasteiger partial charge is 0.294 e. The molecule has 0 spiro atoms. The molecule has 2 aromatic carbocycles. The zero-order valence-electron chi connectivity index (χ0n) is 13.6. The maximum Gasteiger partial charge on any atom is 0.294 e. The summed E-state index contributed by atoms with van der Waals surface area (Å²) < 4.78 is 29.6. The van der Waals surface area contributed by atoms with E-state index in [1.54, 1.807) is 12.1 Å². The summed E-state index contributed by atoms with van der Waals surface area (Å²) in [5.41, 5.74) is 6.13. The number of hydrazone groups is 1. The van der Waals surface area contributed by atoms with Crippen molar-refractivity contribution in [1.82, 2.24) is 5.17 Å². The molecule has 0 unspecified atom stereocenters. The van der Waals surface area contributed by atoms with Crippen LogP contribution in [0.2, 0.25) is 0 Å². The van der Waals surface area contributed by atoms with Gasteiger partial charge in [-0.2, -0.15) is 13.5 Å². The topological polar surface area (TPSA) is 181 Å². The number of nitrogens with one attached hydrogen (secondary N) is 1. The van der Waals surface area contributed by atoms with Crippen LogP contribution in [0.25, 0.3) is 0 Å². The number of nitrogens with zero attached hydrogens (tertiary/aromatic N) is 2. The van der Waals surface area contributed by atoms with Gasteiger partial charge in [0.25, 0.3) is 10.1 Å². The normalized spacial score (nSPS) is 10.9. The lowest BCUT2D eigenvalue weighted by Crippen LogP contribution is -2.28. The zero-order chi connectivity index (χ0) is 19.9. The minimum absolute atomic E-state index is 0.0666. The average Bonchev–Trinajstić information content (AvgIpc) is 2.53. The predicted octanol–water partition coefficient (Wildman–Crippen LogP) is 1.26. The molecule has 0 fully saturated rings. The van der Waals surface area contributed by atoms with Gasteiger partial charge in [-0.1, -0.05) is 17.7 Å². The summed E-state index contributed by atoms with van der Waals surface area (Å²) in [5, 5.41) is 37.5. The van der Waals surface area contributed by atoms with E-state index in [1.807, 2.05) is 6.92 Å². The van der Waals surface area contributed by atoms with E-state index in [1.165, 1.54) is 24.3 Å². The van der Waals surface area contributed by atoms with Crippen molar-refractivity contribution in [3.8, 4) is 11.5 Å². The monoisotopic (exact) mass is 382 g/mol. The molecule has 0 heterocycles. The van der Waals surface area contributed by atoms with E-state index in [4.69, 9.17) is 26.0 Å². The van der Waals surface area contributed by atoms with E-state index in [0.29, 0.717) is 0 Å². The van der Waals surface area contributed by atoms with Crippen LogP contribution in [0.3, 0.4) is 0 Å². The molecule has 0 saturated carbocycles. The largest absolute Gasteiger partial charge is 0.508 e. The lowest BCUT2D eigenvalue weighted by Gasteiger charge is -2.06. The lowest BCUT2D eigenvalue weighted by molar-refractivity contribution is -0.0139. The van der Waals surface area contributed by atoms with Gasteiger partial charge in [-0.25, -0.2) is 0 Å². The van der Waals surface area contributed by atoms with Crippen LogP contribution in [0, 0.1) is 12.3 Å². The van der Waals surface area contributed by atoms with Crippen molar-refractivity contribution in [2.45, 2.75) is 11.8 Å². The fraction of sp³-hybridized carbons (Fsp3) is 0.0667. The predicted molar refractivity (Wildman–Crippen MR) is 93.9 cm³/mol. The number of rotatable bonds is 3. The van der Waals surface area contributed by atoms with E-state index in [9.17, 15) is 13.5 Å². The number of phenolic OH excluding ortho intramolecular Hbond substituents is 2. The van der Waals surface area contributed by atoms with Crippen LogP contribution >= 0.6 is 0 Å². The first kappa shape index (κ1) is 20.9. The quantitative estimate of drug-likeness (QED) is 0.198. The van der Waals surface area contributed by atoms with Crippen LogP contribution < -0.4 is 5.73 Å². The highest BCUT2D eigenvalue weighted by Gasteiger charge is 2.06. The van der Waals surface area contributed by atoms with Crippen LogP contribution in [0.5, 0.6) is 11.5 Å². The lowest BCUT2D eigenvalue weighted by atomic mass is 10.2. The Morgan fingerprint density at radius 2 is 1.77 bits per heavy atom. The average molecular weight is 382 g/mol. The molecule has 0 aliphatic rings. The number of aryl methyl sites for hydroxylation is 1. The van der Waals surface area contributed by atoms with Gasteiger partial charge in [0.15, 0.2) is 0 Å². The second-order valence-electron chi connectivity index (χ2n) is 4.95. The number of hydroxylamine groups is 1. The molecule has 0 saturated heterocycles. The van der Waals surface area contributed by atoms with Gasteiger partial charge in [0.05, 0.1) is 11.1 Å². The highest BCUT2D eigenvalue weighted by atomic mass is 32.2. The summed E-state index contributed by atoms with van der Waals surface area (Å²) in [6, 6.07) is 9.84. The van der Waals surface area contributed by atoms with E-state index >= 15 is 0 Å². The number of phenols is 2. The fourth-order valence-corrected chi connectivity index (χ4v) is 2.01. The third-order valence-electron chi connectivity index (χ3n) is 2.85. The number of benzene rings is 2. The molecule has 0 amide bonds. The van der Waals surface area contributed by atoms with Gasteiger partial charge in [0.1, 0.15) is 11.5 Å². The van der Waals surface area contributed by atoms with Crippen LogP contribution in [-0.2, 0) is 10.1 Å². The number of guanidine groups is 1. The third-order valence-corrected chi connectivity index (χ3v) is 3.72. The minimum Gasteiger partial charge on any atom is -0.508 e. The number of hydrogen-bond acceptors (Lipinski definition) is 7. The molecular formula is C15H18N4O6S. The summed E-state index contributed by atoms with van der Waals surface area (Å²) in [5.74, 6) is -0.933. The maximum absolute atomic E-state index is 10.5. The number of hydrogen-bond donors (Lipinski definition) is 6. The summed E-state index contributed by atoms with van der Waals surface area (Å²) in [6.45, 7) is 1.84. The number of aromatic hydroxyl groups is 2. The van der Waals surface area contributed by atoms with Crippen molar-refractivity contribution in [3.63, 3.8) is 0 Å². The highest BCUT2D eigenvalue weighted by Crippen LogP contribution is 2.20. The van der Waals surface area contributed by atoms with Gasteiger partial charge in [-0.15, -0.1) is 5.17 Å². The van der Waals surface area contributed by atoms with Gasteiger partial charge in [-0.3, -0.25) is 15.2 Å². The van der Waals surface area contributed by atoms with Gasteiger partial charge in [-0.05, 0) is 31.2 Å². The van der Waals surface area contributed by atoms with Gasteiger partial charge < -0.3 is 15.9 Å². The molecule has 0 aliphatic carbocycles. The molecule has 0 atom stereocenters. The Kier molecular flexibility index (Phi) is 7.07. The molecule has 10 nitrogen and oxygen atoms in total. The van der Waals surface area contributed by atoms with E-state index in [-0.39, 0.29) is 27.1 Å². The van der Waals surface area contributed by atoms with Crippen molar-refractivity contribution in [3.05, 3.63) is 53.6 Å². The molecule has 0 bridgehead atoms. The molecule has 2 aromatic rings. The molecule has 0 radical (unpaired) electrons. The maximum atomic E-state index is 10.5. The summed E-state index contributed by atoms with van der Waals surface area (Å²) in [6.07, 6.45) is 1.09. The molecular weight excluding hydrogens is 364 g/mol. The summed E-state index contributed by atoms with van der Waals surface area (Å²) in [7, 11) is -4.02. The Morgan fingerprint density at radius 1 is 1.19 bits per heavy atom. The Bertz CT molecular complexity index is 897. The summed E-state index contributed by atoms with van der Waals surface area (Å²) >= 11 is 0. The molecule has 26 heavy (non-hydrogen) atoms. The van der Waals surface area contributed by atoms with E-state index in [2.05, 4.69) is 5.10 Å². The first-order valence-corrected chi connectivity index (χ1v) is 8.38. The van der Waals surface area contributed by atoms with Crippen LogP contribution in [-0.4, -0.2) is 45.7 Å². The molecule has 140 valence electrons. The van der Waals surface area contributed by atoms with Gasteiger partial charge in [0.2, 0.25) is 5.96 Å². The van der Waals surface area contributed by atoms with Crippen molar-refractivity contribution < 1.29 is 28.4 Å².